The number of nitro benzene ring substituents is 1. The van der Waals surface area contributed by atoms with Gasteiger partial charge in [-0.1, -0.05) is 0 Å². The van der Waals surface area contributed by atoms with Gasteiger partial charge in [0.2, 0.25) is 10.0 Å². The van der Waals surface area contributed by atoms with Gasteiger partial charge in [0.25, 0.3) is 5.69 Å². The maximum atomic E-state index is 11.7. The van der Waals surface area contributed by atoms with E-state index in [1.54, 1.807) is 4.90 Å². The second-order valence-electron chi connectivity index (χ2n) is 3.98. The third kappa shape index (κ3) is 3.44. The second kappa shape index (κ2) is 6.64. The van der Waals surface area contributed by atoms with E-state index in [0.29, 0.717) is 25.3 Å². The summed E-state index contributed by atoms with van der Waals surface area (Å²) < 4.78 is 25.5. The van der Waals surface area contributed by atoms with E-state index in [9.17, 15) is 18.5 Å². The van der Waals surface area contributed by atoms with Crippen LogP contribution in [0.15, 0.2) is 23.1 Å². The Morgan fingerprint density at radius 3 is 2.55 bits per heavy atom. The first kappa shape index (κ1) is 16.3. The summed E-state index contributed by atoms with van der Waals surface area (Å²) in [6.45, 7) is 3.19. The predicted octanol–water partition coefficient (Wildman–Crippen LogP) is 0.288. The Labute approximate surface area is 117 Å². The van der Waals surface area contributed by atoms with Crippen LogP contribution in [-0.4, -0.2) is 40.0 Å². The van der Waals surface area contributed by atoms with Crippen molar-refractivity contribution in [3.05, 3.63) is 28.3 Å². The first-order valence-electron chi connectivity index (χ1n) is 6.04. The molecule has 0 spiro atoms. The normalized spacial score (nSPS) is 11.3. The lowest BCUT2D eigenvalue weighted by molar-refractivity contribution is -0.384. The molecule has 0 aliphatic heterocycles. The largest absolute Gasteiger partial charge is 0.365 e. The molecule has 3 N–H and O–H groups in total. The highest BCUT2D eigenvalue weighted by Crippen LogP contribution is 2.30. The van der Waals surface area contributed by atoms with Crippen molar-refractivity contribution in [2.24, 2.45) is 5.73 Å². The number of nitro groups is 1. The highest BCUT2D eigenvalue weighted by atomic mass is 32.2. The van der Waals surface area contributed by atoms with Gasteiger partial charge in [-0.3, -0.25) is 10.1 Å². The molecule has 0 amide bonds. The Bertz CT molecular complexity index is 588. The van der Waals surface area contributed by atoms with Crippen LogP contribution in [0.5, 0.6) is 0 Å². The molecule has 0 saturated heterocycles. The summed E-state index contributed by atoms with van der Waals surface area (Å²) in [5, 5.41) is 11.1. The topological polar surface area (TPSA) is 119 Å². The van der Waals surface area contributed by atoms with E-state index >= 15 is 0 Å². The van der Waals surface area contributed by atoms with Gasteiger partial charge in [-0.25, -0.2) is 13.1 Å². The fraction of sp³-hybridized carbons (Fsp3) is 0.455. The van der Waals surface area contributed by atoms with Crippen molar-refractivity contribution >= 4 is 21.4 Å². The molecule has 112 valence electrons. The van der Waals surface area contributed by atoms with E-state index in [1.807, 2.05) is 6.92 Å². The first-order valence-corrected chi connectivity index (χ1v) is 7.52. The Morgan fingerprint density at radius 1 is 1.45 bits per heavy atom. The molecule has 1 aromatic carbocycles. The molecule has 0 aliphatic rings. The van der Waals surface area contributed by atoms with Gasteiger partial charge < -0.3 is 10.6 Å². The Kier molecular flexibility index (Phi) is 5.43. The third-order valence-electron chi connectivity index (χ3n) is 2.84. The first-order chi connectivity index (χ1) is 9.37. The number of rotatable bonds is 7. The smallest absolute Gasteiger partial charge is 0.293 e. The molecule has 20 heavy (non-hydrogen) atoms. The molecule has 8 nitrogen and oxygen atoms in total. The van der Waals surface area contributed by atoms with Crippen molar-refractivity contribution in [2.75, 3.05) is 31.6 Å². The van der Waals surface area contributed by atoms with Crippen LogP contribution in [0.4, 0.5) is 11.4 Å². The SMILES string of the molecule is CCN(CCN)c1ccc(S(=O)(=O)NC)cc1[N+](=O)[O-]. The Balaban J connectivity index is 3.38. The standard InChI is InChI=1S/C11H18N4O4S/c1-3-14(7-6-12)10-5-4-9(20(18,19)13-2)8-11(10)15(16)17/h4-5,8,13H,3,6-7,12H2,1-2H3. The lowest BCUT2D eigenvalue weighted by Gasteiger charge is -2.22. The molecule has 0 unspecified atom stereocenters. The zero-order chi connectivity index (χ0) is 15.3. The van der Waals surface area contributed by atoms with Crippen LogP contribution in [0.3, 0.4) is 0 Å². The Morgan fingerprint density at radius 2 is 2.10 bits per heavy atom. The molecule has 0 aromatic heterocycles. The van der Waals surface area contributed by atoms with Gasteiger partial charge in [-0.05, 0) is 26.1 Å². The van der Waals surface area contributed by atoms with E-state index in [2.05, 4.69) is 4.72 Å². The number of nitrogens with zero attached hydrogens (tertiary/aromatic N) is 2. The summed E-state index contributed by atoms with van der Waals surface area (Å²) in [7, 11) is -2.46. The second-order valence-corrected chi connectivity index (χ2v) is 5.87. The molecule has 0 atom stereocenters. The summed E-state index contributed by atoms with van der Waals surface area (Å²) in [5.74, 6) is 0. The average Bonchev–Trinajstić information content (AvgIpc) is 2.44. The van der Waals surface area contributed by atoms with Crippen LogP contribution in [0, 0.1) is 10.1 Å². The maximum Gasteiger partial charge on any atom is 0.293 e. The number of nitrogens with one attached hydrogen (secondary N) is 1. The van der Waals surface area contributed by atoms with Crippen LogP contribution in [0.2, 0.25) is 0 Å². The molecule has 1 rings (SSSR count). The highest BCUT2D eigenvalue weighted by Gasteiger charge is 2.22. The number of anilines is 1. The van der Waals surface area contributed by atoms with Crippen LogP contribution < -0.4 is 15.4 Å². The molecule has 1 aromatic rings. The van der Waals surface area contributed by atoms with Crippen LogP contribution in [0.1, 0.15) is 6.92 Å². The molecule has 0 aliphatic carbocycles. The third-order valence-corrected chi connectivity index (χ3v) is 4.26. The summed E-state index contributed by atoms with van der Waals surface area (Å²) in [6.07, 6.45) is 0. The monoisotopic (exact) mass is 302 g/mol. The molecular formula is C11H18N4O4S. The molecule has 0 heterocycles. The van der Waals surface area contributed by atoms with Gasteiger partial charge in [-0.2, -0.15) is 0 Å². The van der Waals surface area contributed by atoms with Crippen LogP contribution in [0.25, 0.3) is 0 Å². The predicted molar refractivity (Wildman–Crippen MR) is 76.3 cm³/mol. The van der Waals surface area contributed by atoms with Gasteiger partial charge >= 0.3 is 0 Å². The number of sulfonamides is 1. The van der Waals surface area contributed by atoms with E-state index < -0.39 is 14.9 Å². The molecule has 0 bridgehead atoms. The minimum Gasteiger partial charge on any atom is -0.365 e. The number of hydrogen-bond donors (Lipinski definition) is 2. The lowest BCUT2D eigenvalue weighted by Crippen LogP contribution is -2.29. The quantitative estimate of drug-likeness (QED) is 0.552. The fourth-order valence-electron chi connectivity index (χ4n) is 1.81. The minimum absolute atomic E-state index is 0.140. The van der Waals surface area contributed by atoms with E-state index in [4.69, 9.17) is 5.73 Å². The summed E-state index contributed by atoms with van der Waals surface area (Å²) in [4.78, 5) is 12.1. The summed E-state index contributed by atoms with van der Waals surface area (Å²) >= 11 is 0. The van der Waals surface area contributed by atoms with Gasteiger partial charge in [0.15, 0.2) is 0 Å². The highest BCUT2D eigenvalue weighted by molar-refractivity contribution is 7.89. The van der Waals surface area contributed by atoms with E-state index in [-0.39, 0.29) is 10.6 Å². The van der Waals surface area contributed by atoms with Gasteiger partial charge in [-0.15, -0.1) is 0 Å². The zero-order valence-electron chi connectivity index (χ0n) is 11.4. The fourth-order valence-corrected chi connectivity index (χ4v) is 2.56. The lowest BCUT2D eigenvalue weighted by atomic mass is 10.2. The van der Waals surface area contributed by atoms with Crippen molar-refractivity contribution in [1.29, 1.82) is 0 Å². The molecule has 0 saturated carbocycles. The molecule has 0 fully saturated rings. The summed E-state index contributed by atoms with van der Waals surface area (Å²) in [5.41, 5.74) is 5.58. The van der Waals surface area contributed by atoms with Gasteiger partial charge in [0, 0.05) is 25.7 Å². The van der Waals surface area contributed by atoms with Crippen molar-refractivity contribution in [2.45, 2.75) is 11.8 Å². The van der Waals surface area contributed by atoms with Crippen molar-refractivity contribution in [3.8, 4) is 0 Å². The van der Waals surface area contributed by atoms with Gasteiger partial charge in [0.1, 0.15) is 5.69 Å². The van der Waals surface area contributed by atoms with Crippen LogP contribution in [-0.2, 0) is 10.0 Å². The minimum atomic E-state index is -3.71. The van der Waals surface area contributed by atoms with Crippen molar-refractivity contribution in [1.82, 2.24) is 4.72 Å². The summed E-state index contributed by atoms with van der Waals surface area (Å²) in [6, 6.07) is 3.83. The van der Waals surface area contributed by atoms with Crippen LogP contribution >= 0.6 is 0 Å². The number of benzene rings is 1. The van der Waals surface area contributed by atoms with Crippen molar-refractivity contribution in [3.63, 3.8) is 0 Å². The average molecular weight is 302 g/mol. The number of hydrogen-bond acceptors (Lipinski definition) is 6. The number of likely N-dealkylation sites (N-methyl/N-ethyl adjacent to an activating group) is 1. The Hall–Kier alpha value is -1.71. The number of nitrogens with two attached hydrogens (primary N) is 1. The molecular weight excluding hydrogens is 284 g/mol. The zero-order valence-corrected chi connectivity index (χ0v) is 12.2. The van der Waals surface area contributed by atoms with E-state index in [1.165, 1.54) is 19.2 Å². The maximum absolute atomic E-state index is 11.7. The van der Waals surface area contributed by atoms with Crippen molar-refractivity contribution < 1.29 is 13.3 Å². The molecule has 0 radical (unpaired) electrons. The van der Waals surface area contributed by atoms with E-state index in [0.717, 1.165) is 6.07 Å². The van der Waals surface area contributed by atoms with Gasteiger partial charge in [0.05, 0.1) is 9.82 Å². The molecule has 9 heteroatoms.